The third-order valence-corrected chi connectivity index (χ3v) is 3.97. The number of hydrogen-bond donors (Lipinski definition) is 2. The molecule has 7 heteroatoms. The first kappa shape index (κ1) is 13.9. The number of rotatable bonds is 3. The summed E-state index contributed by atoms with van der Waals surface area (Å²) in [5, 5.41) is 11.0. The maximum absolute atomic E-state index is 12.0. The minimum absolute atomic E-state index is 0.0267. The maximum atomic E-state index is 12.0. The molecule has 110 valence electrons. The van der Waals surface area contributed by atoms with Gasteiger partial charge in [0, 0.05) is 23.9 Å². The van der Waals surface area contributed by atoms with Crippen molar-refractivity contribution in [1.82, 2.24) is 10.3 Å². The Labute approximate surface area is 126 Å². The molecule has 6 nitrogen and oxygen atoms in total. The maximum Gasteiger partial charge on any atom is 0.215 e. The second-order valence-electron chi connectivity index (χ2n) is 5.27. The van der Waals surface area contributed by atoms with E-state index in [0.717, 1.165) is 12.0 Å². The summed E-state index contributed by atoms with van der Waals surface area (Å²) in [6.07, 6.45) is 1.82. The topological polar surface area (TPSA) is 94.0 Å². The summed E-state index contributed by atoms with van der Waals surface area (Å²) >= 11 is 5.90. The second kappa shape index (κ2) is 5.73. The van der Waals surface area contributed by atoms with Gasteiger partial charge in [0.2, 0.25) is 11.6 Å². The summed E-state index contributed by atoms with van der Waals surface area (Å²) in [6.45, 7) is 0. The van der Waals surface area contributed by atoms with Crippen molar-refractivity contribution in [3.8, 4) is 0 Å². The molecule has 1 saturated carbocycles. The lowest BCUT2D eigenvalue weighted by molar-refractivity contribution is -0.120. The van der Waals surface area contributed by atoms with Gasteiger partial charge in [0.15, 0.2) is 0 Å². The lowest BCUT2D eigenvalue weighted by atomic mass is 9.80. The lowest BCUT2D eigenvalue weighted by Crippen LogP contribution is -2.31. The van der Waals surface area contributed by atoms with Crippen LogP contribution in [0.2, 0.25) is 5.02 Å². The minimum Gasteiger partial charge on any atom is -0.378 e. The Morgan fingerprint density at radius 3 is 2.67 bits per heavy atom. The molecule has 0 radical (unpaired) electrons. The first-order valence-corrected chi connectivity index (χ1v) is 7.11. The largest absolute Gasteiger partial charge is 0.378 e. The lowest BCUT2D eigenvalue weighted by Gasteiger charge is -2.29. The van der Waals surface area contributed by atoms with Crippen LogP contribution in [0, 0.1) is 0 Å². The molecule has 0 bridgehead atoms. The Morgan fingerprint density at radius 2 is 2.00 bits per heavy atom. The van der Waals surface area contributed by atoms with Crippen LogP contribution in [0.5, 0.6) is 0 Å². The highest BCUT2D eigenvalue weighted by molar-refractivity contribution is 6.30. The van der Waals surface area contributed by atoms with Crippen molar-refractivity contribution in [3.63, 3.8) is 0 Å². The number of nitrogens with two attached hydrogens (primary N) is 1. The Kier molecular flexibility index (Phi) is 3.79. The number of benzene rings is 1. The predicted octanol–water partition coefficient (Wildman–Crippen LogP) is 2.62. The Balaban J connectivity index is 1.74. The Bertz CT molecular complexity index is 641. The highest BCUT2D eigenvalue weighted by Crippen LogP contribution is 2.33. The number of nitrogen functional groups attached to an aromatic ring is 1. The van der Waals surface area contributed by atoms with Gasteiger partial charge in [0.05, 0.1) is 0 Å². The van der Waals surface area contributed by atoms with Crippen LogP contribution in [0.4, 0.5) is 11.6 Å². The van der Waals surface area contributed by atoms with Crippen LogP contribution >= 0.6 is 11.6 Å². The van der Waals surface area contributed by atoms with Crippen molar-refractivity contribution in [2.75, 3.05) is 11.1 Å². The number of nitrogens with one attached hydrogen (secondary N) is 1. The van der Waals surface area contributed by atoms with E-state index >= 15 is 0 Å². The van der Waals surface area contributed by atoms with Crippen molar-refractivity contribution in [2.45, 2.75) is 31.2 Å². The van der Waals surface area contributed by atoms with Gasteiger partial charge in [-0.15, -0.1) is 0 Å². The van der Waals surface area contributed by atoms with Gasteiger partial charge >= 0.3 is 0 Å². The van der Waals surface area contributed by atoms with Crippen LogP contribution in [0.15, 0.2) is 28.9 Å². The highest BCUT2D eigenvalue weighted by atomic mass is 35.5. The van der Waals surface area contributed by atoms with Crippen molar-refractivity contribution in [2.24, 2.45) is 0 Å². The molecule has 0 amide bonds. The number of hydrogen-bond acceptors (Lipinski definition) is 6. The summed E-state index contributed by atoms with van der Waals surface area (Å²) in [4.78, 5) is 12.0. The standard InChI is InChI=1S/C14H15ClN4O2/c15-10-3-1-8(2-4-10)9-5-11(7-12(20)6-9)17-14-13(16)18-21-19-14/h1-4,9,11H,5-7H2,(H2,16,18)(H,17,19)/t9-,11+/m0/s1. The fourth-order valence-corrected chi connectivity index (χ4v) is 2.86. The average molecular weight is 307 g/mol. The molecule has 1 heterocycles. The molecule has 3 rings (SSSR count). The van der Waals surface area contributed by atoms with Crippen LogP contribution in [0.25, 0.3) is 0 Å². The van der Waals surface area contributed by atoms with E-state index in [9.17, 15) is 4.79 Å². The van der Waals surface area contributed by atoms with E-state index in [1.807, 2.05) is 24.3 Å². The molecule has 1 aromatic carbocycles. The molecule has 0 saturated heterocycles. The summed E-state index contributed by atoms with van der Waals surface area (Å²) in [6, 6.07) is 7.60. The van der Waals surface area contributed by atoms with Crippen molar-refractivity contribution in [3.05, 3.63) is 34.9 Å². The van der Waals surface area contributed by atoms with Gasteiger partial charge in [-0.1, -0.05) is 23.7 Å². The number of anilines is 2. The van der Waals surface area contributed by atoms with Crippen molar-refractivity contribution < 1.29 is 9.42 Å². The van der Waals surface area contributed by atoms with E-state index in [0.29, 0.717) is 23.7 Å². The Morgan fingerprint density at radius 1 is 1.24 bits per heavy atom. The summed E-state index contributed by atoms with van der Waals surface area (Å²) < 4.78 is 4.55. The fourth-order valence-electron chi connectivity index (χ4n) is 2.73. The quantitative estimate of drug-likeness (QED) is 0.905. The van der Waals surface area contributed by atoms with Gasteiger partial charge < -0.3 is 11.1 Å². The molecule has 3 N–H and O–H groups in total. The molecule has 1 fully saturated rings. The SMILES string of the molecule is Nc1nonc1N[C@H]1CC(=O)C[C@@H](c2ccc(Cl)cc2)C1. The molecular formula is C14H15ClN4O2. The number of carbonyl (C=O) groups is 1. The molecule has 0 spiro atoms. The molecule has 2 aromatic rings. The van der Waals surface area contributed by atoms with E-state index in [1.54, 1.807) is 0 Å². The number of nitrogens with zero attached hydrogens (tertiary/aromatic N) is 2. The first-order chi connectivity index (χ1) is 10.1. The van der Waals surface area contributed by atoms with Gasteiger partial charge in [-0.05, 0) is 40.3 Å². The van der Waals surface area contributed by atoms with Crippen molar-refractivity contribution >= 4 is 29.0 Å². The van der Waals surface area contributed by atoms with Gasteiger partial charge in [0.1, 0.15) is 5.78 Å². The molecule has 21 heavy (non-hydrogen) atoms. The second-order valence-corrected chi connectivity index (χ2v) is 5.71. The first-order valence-electron chi connectivity index (χ1n) is 6.73. The molecule has 0 aliphatic heterocycles. The van der Waals surface area contributed by atoms with Crippen LogP contribution in [-0.2, 0) is 4.79 Å². The van der Waals surface area contributed by atoms with Crippen LogP contribution in [-0.4, -0.2) is 22.1 Å². The van der Waals surface area contributed by atoms with E-state index in [2.05, 4.69) is 20.3 Å². The van der Waals surface area contributed by atoms with E-state index in [1.165, 1.54) is 0 Å². The van der Waals surface area contributed by atoms with Gasteiger partial charge in [0.25, 0.3) is 0 Å². The minimum atomic E-state index is -0.0267. The number of aromatic nitrogens is 2. The third kappa shape index (κ3) is 3.16. The molecular weight excluding hydrogens is 292 g/mol. The van der Waals surface area contributed by atoms with Gasteiger partial charge in [-0.3, -0.25) is 4.79 Å². The predicted molar refractivity (Wildman–Crippen MR) is 79.2 cm³/mol. The smallest absolute Gasteiger partial charge is 0.215 e. The van der Waals surface area contributed by atoms with E-state index < -0.39 is 0 Å². The molecule has 1 aliphatic carbocycles. The number of Topliss-reactive ketones (excluding diaryl/α,β-unsaturated/α-hetero) is 1. The number of halogens is 1. The summed E-state index contributed by atoms with van der Waals surface area (Å²) in [5.74, 6) is 0.983. The number of carbonyl (C=O) groups excluding carboxylic acids is 1. The monoisotopic (exact) mass is 306 g/mol. The molecule has 2 atom stereocenters. The molecule has 1 aliphatic rings. The van der Waals surface area contributed by atoms with Crippen molar-refractivity contribution in [1.29, 1.82) is 0 Å². The van der Waals surface area contributed by atoms with Crippen LogP contribution < -0.4 is 11.1 Å². The normalized spacial score (nSPS) is 22.2. The highest BCUT2D eigenvalue weighted by Gasteiger charge is 2.29. The zero-order valence-corrected chi connectivity index (χ0v) is 12.0. The zero-order chi connectivity index (χ0) is 14.8. The van der Waals surface area contributed by atoms with Gasteiger partial charge in [-0.25, -0.2) is 4.63 Å². The zero-order valence-electron chi connectivity index (χ0n) is 11.3. The van der Waals surface area contributed by atoms with Gasteiger partial charge in [-0.2, -0.15) is 0 Å². The summed E-state index contributed by atoms with van der Waals surface area (Å²) in [7, 11) is 0. The van der Waals surface area contributed by atoms with E-state index in [4.69, 9.17) is 17.3 Å². The summed E-state index contributed by atoms with van der Waals surface area (Å²) in [5.41, 5.74) is 6.74. The third-order valence-electron chi connectivity index (χ3n) is 3.71. The molecule has 0 unspecified atom stereocenters. The fraction of sp³-hybridized carbons (Fsp3) is 0.357. The average Bonchev–Trinajstić information content (AvgIpc) is 2.84. The Hall–Kier alpha value is -2.08. The van der Waals surface area contributed by atoms with E-state index in [-0.39, 0.29) is 23.6 Å². The van der Waals surface area contributed by atoms with Crippen LogP contribution in [0.3, 0.4) is 0 Å². The molecule has 1 aromatic heterocycles. The van der Waals surface area contributed by atoms with Crippen LogP contribution in [0.1, 0.15) is 30.7 Å². The number of ketones is 1.